The first-order valence-corrected chi connectivity index (χ1v) is 9.78. The Labute approximate surface area is 144 Å². The van der Waals surface area contributed by atoms with E-state index in [4.69, 9.17) is 0 Å². The molecule has 112 valence electrons. The van der Waals surface area contributed by atoms with E-state index in [2.05, 4.69) is 68.3 Å². The van der Waals surface area contributed by atoms with Crippen molar-refractivity contribution in [3.8, 4) is 0 Å². The summed E-state index contributed by atoms with van der Waals surface area (Å²) in [5.41, 5.74) is 1.43. The van der Waals surface area contributed by atoms with Crippen LogP contribution in [-0.4, -0.2) is 0 Å². The minimum absolute atomic E-state index is 0.470. The van der Waals surface area contributed by atoms with Gasteiger partial charge in [0.2, 0.25) is 0 Å². The fraction of sp³-hybridized carbons (Fsp3) is 0.474. The Morgan fingerprint density at radius 1 is 0.952 bits per heavy atom. The molecule has 1 atom stereocenters. The molecule has 0 heterocycles. The van der Waals surface area contributed by atoms with Gasteiger partial charge in [0.15, 0.2) is 0 Å². The zero-order valence-corrected chi connectivity index (χ0v) is 15.5. The highest BCUT2D eigenvalue weighted by Crippen LogP contribution is 2.38. The van der Waals surface area contributed by atoms with E-state index in [0.717, 1.165) is 5.92 Å². The van der Waals surface area contributed by atoms with E-state index in [-0.39, 0.29) is 0 Å². The predicted octanol–water partition coefficient (Wildman–Crippen LogP) is 7.40. The molecule has 0 spiro atoms. The fourth-order valence-corrected chi connectivity index (χ4v) is 4.71. The molecule has 1 saturated carbocycles. The van der Waals surface area contributed by atoms with Gasteiger partial charge in [-0.15, -0.1) is 0 Å². The summed E-state index contributed by atoms with van der Waals surface area (Å²) in [6, 6.07) is 13.1. The third kappa shape index (κ3) is 3.71. The maximum atomic E-state index is 3.94. The lowest BCUT2D eigenvalue weighted by Crippen LogP contribution is -2.07. The lowest BCUT2D eigenvalue weighted by Gasteiger charge is -2.23. The molecule has 0 aliphatic heterocycles. The Kier molecular flexibility index (Phi) is 5.39. The van der Waals surface area contributed by atoms with E-state index in [1.54, 1.807) is 0 Å². The van der Waals surface area contributed by atoms with Crippen molar-refractivity contribution in [2.24, 2.45) is 5.92 Å². The molecule has 1 fully saturated rings. The molecule has 0 nitrogen and oxygen atoms in total. The third-order valence-corrected chi connectivity index (χ3v) is 6.44. The van der Waals surface area contributed by atoms with Gasteiger partial charge in [0.1, 0.15) is 0 Å². The summed E-state index contributed by atoms with van der Waals surface area (Å²) in [4.78, 5) is 0.470. The third-order valence-electron chi connectivity index (χ3n) is 4.80. The molecule has 0 bridgehead atoms. The van der Waals surface area contributed by atoms with Crippen molar-refractivity contribution in [1.29, 1.82) is 0 Å². The van der Waals surface area contributed by atoms with Gasteiger partial charge in [-0.05, 0) is 41.2 Å². The minimum Gasteiger partial charge on any atom is -0.0839 e. The van der Waals surface area contributed by atoms with E-state index in [1.807, 2.05) is 0 Å². The van der Waals surface area contributed by atoms with Gasteiger partial charge in [-0.2, -0.15) is 0 Å². The molecule has 1 unspecified atom stereocenters. The SMILES string of the molecule is Brc1ccc(C(Br)CCC2CCCCC2)c2ccccc12. The highest BCUT2D eigenvalue weighted by Gasteiger charge is 2.17. The van der Waals surface area contributed by atoms with Crippen molar-refractivity contribution >= 4 is 42.6 Å². The Morgan fingerprint density at radius 3 is 2.43 bits per heavy atom. The van der Waals surface area contributed by atoms with Gasteiger partial charge in [0, 0.05) is 9.30 Å². The molecule has 1 aliphatic carbocycles. The van der Waals surface area contributed by atoms with Crippen LogP contribution in [0.15, 0.2) is 40.9 Å². The van der Waals surface area contributed by atoms with Gasteiger partial charge in [0.25, 0.3) is 0 Å². The van der Waals surface area contributed by atoms with Crippen LogP contribution in [0.25, 0.3) is 10.8 Å². The molecule has 1 aliphatic rings. The van der Waals surface area contributed by atoms with Crippen molar-refractivity contribution in [2.75, 3.05) is 0 Å². The van der Waals surface area contributed by atoms with Gasteiger partial charge < -0.3 is 0 Å². The molecule has 0 N–H and O–H groups in total. The van der Waals surface area contributed by atoms with Crippen LogP contribution >= 0.6 is 31.9 Å². The van der Waals surface area contributed by atoms with Gasteiger partial charge in [0.05, 0.1) is 0 Å². The van der Waals surface area contributed by atoms with Gasteiger partial charge >= 0.3 is 0 Å². The van der Waals surface area contributed by atoms with Crippen LogP contribution < -0.4 is 0 Å². The Balaban J connectivity index is 1.75. The number of rotatable bonds is 4. The summed E-state index contributed by atoms with van der Waals surface area (Å²) in [7, 11) is 0. The first kappa shape index (κ1) is 15.6. The highest BCUT2D eigenvalue weighted by atomic mass is 79.9. The lowest BCUT2D eigenvalue weighted by atomic mass is 9.85. The average molecular weight is 410 g/mol. The van der Waals surface area contributed by atoms with Crippen molar-refractivity contribution in [3.05, 3.63) is 46.4 Å². The van der Waals surface area contributed by atoms with Crippen LogP contribution in [0.4, 0.5) is 0 Å². The molecular weight excluding hydrogens is 388 g/mol. The first-order valence-electron chi connectivity index (χ1n) is 8.07. The summed E-state index contributed by atoms with van der Waals surface area (Å²) >= 11 is 7.61. The molecule has 0 amide bonds. The maximum absolute atomic E-state index is 3.94. The topological polar surface area (TPSA) is 0 Å². The summed E-state index contributed by atoms with van der Waals surface area (Å²) in [6.07, 6.45) is 9.83. The minimum atomic E-state index is 0.470. The summed E-state index contributed by atoms with van der Waals surface area (Å²) in [5.74, 6) is 0.959. The molecular formula is C19H22Br2. The van der Waals surface area contributed by atoms with Crippen molar-refractivity contribution in [3.63, 3.8) is 0 Å². The molecule has 0 radical (unpaired) electrons. The molecule has 0 saturated heterocycles. The Morgan fingerprint density at radius 2 is 1.67 bits per heavy atom. The number of halogens is 2. The molecule has 2 heteroatoms. The summed E-state index contributed by atoms with van der Waals surface area (Å²) in [6.45, 7) is 0. The molecule has 2 aromatic carbocycles. The van der Waals surface area contributed by atoms with E-state index < -0.39 is 0 Å². The summed E-state index contributed by atoms with van der Waals surface area (Å²) in [5, 5.41) is 2.69. The van der Waals surface area contributed by atoms with Crippen molar-refractivity contribution in [1.82, 2.24) is 0 Å². The lowest BCUT2D eigenvalue weighted by molar-refractivity contribution is 0.332. The highest BCUT2D eigenvalue weighted by molar-refractivity contribution is 9.10. The Bertz CT molecular complexity index is 600. The van der Waals surface area contributed by atoms with E-state index in [1.165, 1.54) is 65.8 Å². The zero-order valence-electron chi connectivity index (χ0n) is 12.3. The van der Waals surface area contributed by atoms with Crippen molar-refractivity contribution < 1.29 is 0 Å². The van der Waals surface area contributed by atoms with Gasteiger partial charge in [-0.3, -0.25) is 0 Å². The second kappa shape index (κ2) is 7.28. The molecule has 3 rings (SSSR count). The second-order valence-corrected chi connectivity index (χ2v) is 8.19. The molecule has 21 heavy (non-hydrogen) atoms. The van der Waals surface area contributed by atoms with Crippen LogP contribution in [0.3, 0.4) is 0 Å². The maximum Gasteiger partial charge on any atom is 0.0401 e. The van der Waals surface area contributed by atoms with E-state index >= 15 is 0 Å². The van der Waals surface area contributed by atoms with Gasteiger partial charge in [-0.1, -0.05) is 94.3 Å². The number of fused-ring (bicyclic) bond motifs is 1. The molecule has 2 aromatic rings. The molecule has 0 aromatic heterocycles. The van der Waals surface area contributed by atoms with E-state index in [9.17, 15) is 0 Å². The number of benzene rings is 2. The number of hydrogen-bond acceptors (Lipinski definition) is 0. The predicted molar refractivity (Wildman–Crippen MR) is 99.1 cm³/mol. The first-order chi connectivity index (χ1) is 10.3. The standard InChI is InChI=1S/C19H22Br2/c20-18(12-10-14-6-2-1-3-7-14)17-11-13-19(21)16-9-5-4-8-15(16)17/h4-5,8-9,11,13-14,18H,1-3,6-7,10,12H2. The summed E-state index contributed by atoms with van der Waals surface area (Å²) < 4.78 is 1.19. The Hall–Kier alpha value is -0.340. The average Bonchev–Trinajstić information content (AvgIpc) is 2.54. The number of hydrogen-bond donors (Lipinski definition) is 0. The number of alkyl halides is 1. The van der Waals surface area contributed by atoms with Crippen LogP contribution in [0, 0.1) is 5.92 Å². The normalized spacial score (nSPS) is 18.0. The van der Waals surface area contributed by atoms with Gasteiger partial charge in [-0.25, -0.2) is 0 Å². The second-order valence-electron chi connectivity index (χ2n) is 6.23. The zero-order chi connectivity index (χ0) is 14.7. The van der Waals surface area contributed by atoms with Crippen LogP contribution in [0.2, 0.25) is 0 Å². The quantitative estimate of drug-likeness (QED) is 0.461. The van der Waals surface area contributed by atoms with Crippen LogP contribution in [-0.2, 0) is 0 Å². The largest absolute Gasteiger partial charge is 0.0839 e. The smallest absolute Gasteiger partial charge is 0.0401 e. The van der Waals surface area contributed by atoms with Crippen LogP contribution in [0.1, 0.15) is 55.3 Å². The van der Waals surface area contributed by atoms with Crippen molar-refractivity contribution in [2.45, 2.75) is 49.8 Å². The fourth-order valence-electron chi connectivity index (χ4n) is 3.57. The monoisotopic (exact) mass is 408 g/mol. The van der Waals surface area contributed by atoms with E-state index in [0.29, 0.717) is 4.83 Å². The van der Waals surface area contributed by atoms with Crippen LogP contribution in [0.5, 0.6) is 0 Å².